The molecule has 1 heterocycles. The van der Waals surface area contributed by atoms with E-state index in [1.165, 1.54) is 11.3 Å². The second-order valence-electron chi connectivity index (χ2n) is 2.82. The van der Waals surface area contributed by atoms with Gasteiger partial charge >= 0.3 is 0 Å². The van der Waals surface area contributed by atoms with Crippen LogP contribution in [0.25, 0.3) is 10.1 Å². The Morgan fingerprint density at radius 3 is 3.00 bits per heavy atom. The van der Waals surface area contributed by atoms with Gasteiger partial charge in [0.15, 0.2) is 0 Å². The summed E-state index contributed by atoms with van der Waals surface area (Å²) in [5, 5.41) is 10.5. The highest BCUT2D eigenvalue weighted by molar-refractivity contribution is 9.11. The molecule has 0 saturated carbocycles. The molecular weight excluding hydrogens is 264 g/mol. The monoisotopic (exact) mass is 272 g/mol. The first kappa shape index (κ1) is 9.80. The third-order valence-corrected chi connectivity index (χ3v) is 3.71. The van der Waals surface area contributed by atoms with Crippen molar-refractivity contribution in [3.05, 3.63) is 22.0 Å². The molecule has 2 rings (SSSR count). The second kappa shape index (κ2) is 3.79. The van der Waals surface area contributed by atoms with Crippen LogP contribution in [0.2, 0.25) is 0 Å². The topological polar surface area (TPSA) is 29.5 Å². The molecular formula is C10H9BrO2S. The fraction of sp³-hybridized carbons (Fsp3) is 0.200. The highest BCUT2D eigenvalue weighted by atomic mass is 79.9. The van der Waals surface area contributed by atoms with Gasteiger partial charge < -0.3 is 9.84 Å². The SMILES string of the molecule is CCOc1ccc2sc(Br)c(O)c2c1. The van der Waals surface area contributed by atoms with E-state index in [-0.39, 0.29) is 0 Å². The molecule has 0 fully saturated rings. The van der Waals surface area contributed by atoms with E-state index in [9.17, 15) is 5.11 Å². The standard InChI is InChI=1S/C10H9BrO2S/c1-2-13-6-3-4-8-7(5-6)9(12)10(11)14-8/h3-5,12H,2H2,1H3. The molecule has 0 aliphatic heterocycles. The van der Waals surface area contributed by atoms with E-state index in [0.717, 1.165) is 19.6 Å². The van der Waals surface area contributed by atoms with Crippen molar-refractivity contribution >= 4 is 37.4 Å². The van der Waals surface area contributed by atoms with Gasteiger partial charge in [-0.25, -0.2) is 0 Å². The zero-order valence-electron chi connectivity index (χ0n) is 7.58. The predicted octanol–water partition coefficient (Wildman–Crippen LogP) is 3.77. The Bertz CT molecular complexity index is 464. The third-order valence-electron chi connectivity index (χ3n) is 1.90. The number of fused-ring (bicyclic) bond motifs is 1. The molecule has 0 atom stereocenters. The summed E-state index contributed by atoms with van der Waals surface area (Å²) in [6.45, 7) is 2.57. The van der Waals surface area contributed by atoms with Gasteiger partial charge in [-0.05, 0) is 41.1 Å². The fourth-order valence-electron chi connectivity index (χ4n) is 1.29. The average Bonchev–Trinajstić information content (AvgIpc) is 2.45. The third kappa shape index (κ3) is 1.60. The molecule has 4 heteroatoms. The minimum Gasteiger partial charge on any atom is -0.505 e. The first-order valence-corrected chi connectivity index (χ1v) is 5.87. The number of aromatic hydroxyl groups is 1. The number of hydrogen-bond donors (Lipinski definition) is 1. The van der Waals surface area contributed by atoms with E-state index in [1.807, 2.05) is 25.1 Å². The normalized spacial score (nSPS) is 10.7. The van der Waals surface area contributed by atoms with Gasteiger partial charge in [0.05, 0.1) is 6.61 Å². The Kier molecular flexibility index (Phi) is 2.65. The zero-order valence-corrected chi connectivity index (χ0v) is 9.98. The van der Waals surface area contributed by atoms with Crippen molar-refractivity contribution in [1.82, 2.24) is 0 Å². The van der Waals surface area contributed by atoms with Crippen molar-refractivity contribution in [1.29, 1.82) is 0 Å². The van der Waals surface area contributed by atoms with E-state index in [4.69, 9.17) is 4.74 Å². The summed E-state index contributed by atoms with van der Waals surface area (Å²) in [6, 6.07) is 5.72. The molecule has 2 nitrogen and oxygen atoms in total. The number of rotatable bonds is 2. The quantitative estimate of drug-likeness (QED) is 0.902. The first-order valence-electron chi connectivity index (χ1n) is 4.26. The number of benzene rings is 1. The molecule has 0 spiro atoms. The minimum atomic E-state index is 0.298. The molecule has 1 aromatic carbocycles. The summed E-state index contributed by atoms with van der Waals surface area (Å²) in [7, 11) is 0. The summed E-state index contributed by atoms with van der Waals surface area (Å²) in [5.41, 5.74) is 0. The maximum Gasteiger partial charge on any atom is 0.148 e. The molecule has 1 aromatic heterocycles. The molecule has 0 amide bonds. The maximum atomic E-state index is 9.70. The molecule has 0 aliphatic rings. The molecule has 2 aromatic rings. The summed E-state index contributed by atoms with van der Waals surface area (Å²) >= 11 is 4.82. The van der Waals surface area contributed by atoms with Crippen LogP contribution in [-0.2, 0) is 0 Å². The Labute approximate surface area is 94.3 Å². The van der Waals surface area contributed by atoms with E-state index in [0.29, 0.717) is 12.4 Å². The van der Waals surface area contributed by atoms with Gasteiger partial charge in [0.25, 0.3) is 0 Å². The van der Waals surface area contributed by atoms with Gasteiger partial charge in [0.1, 0.15) is 15.3 Å². The van der Waals surface area contributed by atoms with Crippen LogP contribution in [0.5, 0.6) is 11.5 Å². The molecule has 0 aliphatic carbocycles. The van der Waals surface area contributed by atoms with Crippen molar-refractivity contribution in [3.8, 4) is 11.5 Å². The maximum absolute atomic E-state index is 9.70. The van der Waals surface area contributed by atoms with Crippen LogP contribution < -0.4 is 4.74 Å². The fourth-order valence-corrected chi connectivity index (χ4v) is 2.83. The second-order valence-corrected chi connectivity index (χ2v) is 5.19. The van der Waals surface area contributed by atoms with Crippen molar-refractivity contribution in [3.63, 3.8) is 0 Å². The Balaban J connectivity index is 2.58. The molecule has 14 heavy (non-hydrogen) atoms. The lowest BCUT2D eigenvalue weighted by atomic mass is 10.2. The summed E-state index contributed by atoms with van der Waals surface area (Å²) < 4.78 is 7.17. The van der Waals surface area contributed by atoms with Crippen molar-refractivity contribution in [2.45, 2.75) is 6.92 Å². The number of ether oxygens (including phenoxy) is 1. The lowest BCUT2D eigenvalue weighted by molar-refractivity contribution is 0.340. The smallest absolute Gasteiger partial charge is 0.148 e. The molecule has 1 N–H and O–H groups in total. The number of halogens is 1. The van der Waals surface area contributed by atoms with Crippen LogP contribution in [0.15, 0.2) is 22.0 Å². The Morgan fingerprint density at radius 1 is 1.50 bits per heavy atom. The highest BCUT2D eigenvalue weighted by Gasteiger charge is 2.09. The summed E-state index contributed by atoms with van der Waals surface area (Å²) in [6.07, 6.45) is 0. The summed E-state index contributed by atoms with van der Waals surface area (Å²) in [4.78, 5) is 0. The van der Waals surface area contributed by atoms with E-state index in [1.54, 1.807) is 0 Å². The molecule has 74 valence electrons. The van der Waals surface area contributed by atoms with E-state index < -0.39 is 0 Å². The highest BCUT2D eigenvalue weighted by Crippen LogP contribution is 2.41. The van der Waals surface area contributed by atoms with Crippen LogP contribution in [0.4, 0.5) is 0 Å². The van der Waals surface area contributed by atoms with Gasteiger partial charge in [-0.15, -0.1) is 11.3 Å². The zero-order chi connectivity index (χ0) is 10.1. The summed E-state index contributed by atoms with van der Waals surface area (Å²) in [5.74, 6) is 1.09. The van der Waals surface area contributed by atoms with E-state index >= 15 is 0 Å². The Hall–Kier alpha value is -0.740. The van der Waals surface area contributed by atoms with Gasteiger partial charge in [-0.1, -0.05) is 0 Å². The van der Waals surface area contributed by atoms with Crippen molar-refractivity contribution < 1.29 is 9.84 Å². The van der Waals surface area contributed by atoms with Crippen LogP contribution in [0, 0.1) is 0 Å². The molecule has 0 radical (unpaired) electrons. The van der Waals surface area contributed by atoms with Gasteiger partial charge in [0, 0.05) is 10.1 Å². The predicted molar refractivity (Wildman–Crippen MR) is 62.4 cm³/mol. The molecule has 0 saturated heterocycles. The largest absolute Gasteiger partial charge is 0.505 e. The van der Waals surface area contributed by atoms with Gasteiger partial charge in [-0.2, -0.15) is 0 Å². The lowest BCUT2D eigenvalue weighted by Gasteiger charge is -2.01. The van der Waals surface area contributed by atoms with Gasteiger partial charge in [-0.3, -0.25) is 0 Å². The first-order chi connectivity index (χ1) is 6.72. The van der Waals surface area contributed by atoms with Crippen LogP contribution >= 0.6 is 27.3 Å². The molecule has 0 unspecified atom stereocenters. The van der Waals surface area contributed by atoms with Crippen molar-refractivity contribution in [2.24, 2.45) is 0 Å². The average molecular weight is 273 g/mol. The van der Waals surface area contributed by atoms with E-state index in [2.05, 4.69) is 15.9 Å². The molecule has 0 bridgehead atoms. The number of thiophene rings is 1. The van der Waals surface area contributed by atoms with Crippen LogP contribution in [0.1, 0.15) is 6.92 Å². The number of hydrogen-bond acceptors (Lipinski definition) is 3. The Morgan fingerprint density at radius 2 is 2.29 bits per heavy atom. The van der Waals surface area contributed by atoms with Gasteiger partial charge in [0.2, 0.25) is 0 Å². The van der Waals surface area contributed by atoms with Crippen molar-refractivity contribution in [2.75, 3.05) is 6.61 Å². The van der Waals surface area contributed by atoms with Crippen LogP contribution in [0.3, 0.4) is 0 Å². The minimum absolute atomic E-state index is 0.298. The van der Waals surface area contributed by atoms with Crippen LogP contribution in [-0.4, -0.2) is 11.7 Å². The lowest BCUT2D eigenvalue weighted by Crippen LogP contribution is -1.89.